The van der Waals surface area contributed by atoms with Crippen molar-refractivity contribution in [2.24, 2.45) is 0 Å². The minimum absolute atomic E-state index is 0.0622. The summed E-state index contributed by atoms with van der Waals surface area (Å²) in [6.07, 6.45) is 2.40. The third-order valence-corrected chi connectivity index (χ3v) is 3.21. The average Bonchev–Trinajstić information content (AvgIpc) is 2.69. The van der Waals surface area contributed by atoms with E-state index in [1.165, 1.54) is 12.8 Å². The van der Waals surface area contributed by atoms with E-state index in [-0.39, 0.29) is 5.91 Å². The molecule has 84 valence electrons. The summed E-state index contributed by atoms with van der Waals surface area (Å²) < 4.78 is 0. The topological polar surface area (TPSA) is 23.6 Å². The molecule has 1 fully saturated rings. The highest BCUT2D eigenvalue weighted by Gasteiger charge is 2.37. The fraction of sp³-hybridized carbons (Fsp3) is 0.750. The molecule has 1 saturated heterocycles. The maximum Gasteiger partial charge on any atom is 0.221 e. The number of amides is 1. The van der Waals surface area contributed by atoms with Crippen molar-refractivity contribution in [2.45, 2.75) is 39.3 Å². The number of likely N-dealkylation sites (tertiary alicyclic amines) is 1. The van der Waals surface area contributed by atoms with E-state index in [1.807, 2.05) is 20.9 Å². The molecule has 1 atom stereocenters. The zero-order valence-corrected chi connectivity index (χ0v) is 10.1. The van der Waals surface area contributed by atoms with Gasteiger partial charge in [-0.3, -0.25) is 9.69 Å². The van der Waals surface area contributed by atoms with E-state index in [0.29, 0.717) is 0 Å². The maximum atomic E-state index is 11.5. The lowest BCUT2D eigenvalue weighted by Crippen LogP contribution is -2.57. The Bertz CT molecular complexity index is 296. The van der Waals surface area contributed by atoms with Gasteiger partial charge in [-0.2, -0.15) is 0 Å². The van der Waals surface area contributed by atoms with E-state index in [4.69, 9.17) is 0 Å². The van der Waals surface area contributed by atoms with Gasteiger partial charge in [0.15, 0.2) is 5.66 Å². The summed E-state index contributed by atoms with van der Waals surface area (Å²) in [5.74, 6) is 6.16. The van der Waals surface area contributed by atoms with Gasteiger partial charge in [-0.25, -0.2) is 0 Å². The Morgan fingerprint density at radius 1 is 1.40 bits per heavy atom. The van der Waals surface area contributed by atoms with Crippen LogP contribution < -0.4 is 0 Å². The van der Waals surface area contributed by atoms with E-state index < -0.39 is 5.66 Å². The smallest absolute Gasteiger partial charge is 0.221 e. The predicted molar refractivity (Wildman–Crippen MR) is 61.1 cm³/mol. The lowest BCUT2D eigenvalue weighted by atomic mass is 10.1. The number of hydrogen-bond acceptors (Lipinski definition) is 2. The molecule has 0 radical (unpaired) electrons. The second kappa shape index (κ2) is 4.67. The molecule has 1 heterocycles. The molecule has 0 aromatic carbocycles. The number of nitrogens with zero attached hydrogens (tertiary/aromatic N) is 2. The quantitative estimate of drug-likeness (QED) is 0.639. The van der Waals surface area contributed by atoms with Gasteiger partial charge in [0.1, 0.15) is 0 Å². The van der Waals surface area contributed by atoms with E-state index in [9.17, 15) is 4.79 Å². The van der Waals surface area contributed by atoms with Crippen LogP contribution in [0.2, 0.25) is 0 Å². The van der Waals surface area contributed by atoms with Crippen LogP contribution in [0.4, 0.5) is 0 Å². The van der Waals surface area contributed by atoms with Crippen LogP contribution >= 0.6 is 0 Å². The Hall–Kier alpha value is -1.01. The Labute approximate surface area is 92.4 Å². The van der Waals surface area contributed by atoms with Crippen molar-refractivity contribution in [1.82, 2.24) is 9.80 Å². The molecule has 15 heavy (non-hydrogen) atoms. The molecule has 0 aromatic rings. The molecule has 0 spiro atoms. The summed E-state index contributed by atoms with van der Waals surface area (Å²) in [6, 6.07) is 0. The van der Waals surface area contributed by atoms with Gasteiger partial charge in [-0.15, -0.1) is 5.92 Å². The van der Waals surface area contributed by atoms with Crippen molar-refractivity contribution in [3.8, 4) is 11.8 Å². The van der Waals surface area contributed by atoms with Gasteiger partial charge in [-0.1, -0.05) is 5.92 Å². The Morgan fingerprint density at radius 3 is 2.33 bits per heavy atom. The van der Waals surface area contributed by atoms with Crippen molar-refractivity contribution in [3.63, 3.8) is 0 Å². The normalized spacial score (nSPS) is 20.3. The van der Waals surface area contributed by atoms with Gasteiger partial charge in [-0.05, 0) is 26.7 Å². The van der Waals surface area contributed by atoms with E-state index in [1.54, 1.807) is 11.8 Å². The van der Waals surface area contributed by atoms with Gasteiger partial charge in [0, 0.05) is 27.1 Å². The average molecular weight is 208 g/mol. The van der Waals surface area contributed by atoms with Crippen LogP contribution in [0.15, 0.2) is 0 Å². The molecule has 1 aliphatic heterocycles. The number of carbonyl (C=O) groups is 1. The summed E-state index contributed by atoms with van der Waals surface area (Å²) in [5.41, 5.74) is -0.433. The fourth-order valence-corrected chi connectivity index (χ4v) is 2.07. The zero-order valence-electron chi connectivity index (χ0n) is 10.1. The highest BCUT2D eigenvalue weighted by Crippen LogP contribution is 2.23. The Kier molecular flexibility index (Phi) is 3.76. The fourth-order valence-electron chi connectivity index (χ4n) is 2.07. The molecule has 0 aliphatic carbocycles. The van der Waals surface area contributed by atoms with E-state index >= 15 is 0 Å². The van der Waals surface area contributed by atoms with Crippen molar-refractivity contribution in [2.75, 3.05) is 20.1 Å². The molecular weight excluding hydrogens is 188 g/mol. The maximum absolute atomic E-state index is 11.5. The first-order chi connectivity index (χ1) is 7.02. The summed E-state index contributed by atoms with van der Waals surface area (Å²) in [5, 5.41) is 0. The molecule has 3 heteroatoms. The van der Waals surface area contributed by atoms with Crippen LogP contribution in [0.1, 0.15) is 33.6 Å². The van der Waals surface area contributed by atoms with Crippen molar-refractivity contribution in [1.29, 1.82) is 0 Å². The first-order valence-electron chi connectivity index (χ1n) is 5.45. The third-order valence-electron chi connectivity index (χ3n) is 3.21. The minimum atomic E-state index is -0.433. The number of rotatable bonds is 2. The van der Waals surface area contributed by atoms with Crippen LogP contribution in [0.25, 0.3) is 0 Å². The monoisotopic (exact) mass is 208 g/mol. The van der Waals surface area contributed by atoms with Gasteiger partial charge in [0.2, 0.25) is 5.91 Å². The largest absolute Gasteiger partial charge is 0.317 e. The van der Waals surface area contributed by atoms with Gasteiger partial charge >= 0.3 is 0 Å². The van der Waals surface area contributed by atoms with Crippen molar-refractivity contribution in [3.05, 3.63) is 0 Å². The van der Waals surface area contributed by atoms with E-state index in [0.717, 1.165) is 13.1 Å². The van der Waals surface area contributed by atoms with Crippen LogP contribution in [0.3, 0.4) is 0 Å². The lowest BCUT2D eigenvalue weighted by molar-refractivity contribution is -0.136. The van der Waals surface area contributed by atoms with Crippen molar-refractivity contribution >= 4 is 5.91 Å². The zero-order chi connectivity index (χ0) is 11.5. The summed E-state index contributed by atoms with van der Waals surface area (Å²) in [6.45, 7) is 7.50. The molecule has 1 aliphatic rings. The highest BCUT2D eigenvalue weighted by molar-refractivity contribution is 5.74. The standard InChI is InChI=1S/C12H20N2O/c1-5-8-12(3,13(4)11(2)15)14-9-6-7-10-14/h6-7,9-10H2,1-4H3. The molecule has 3 nitrogen and oxygen atoms in total. The SMILES string of the molecule is CC#CC(C)(N1CCCC1)N(C)C(C)=O. The number of hydrogen-bond donors (Lipinski definition) is 0. The van der Waals surface area contributed by atoms with Gasteiger partial charge in [0.25, 0.3) is 0 Å². The molecule has 0 saturated carbocycles. The summed E-state index contributed by atoms with van der Waals surface area (Å²) >= 11 is 0. The van der Waals surface area contributed by atoms with Crippen LogP contribution in [0.5, 0.6) is 0 Å². The molecule has 0 N–H and O–H groups in total. The number of carbonyl (C=O) groups excluding carboxylic acids is 1. The molecule has 0 aromatic heterocycles. The second-order valence-electron chi connectivity index (χ2n) is 4.17. The lowest BCUT2D eigenvalue weighted by Gasteiger charge is -2.41. The third kappa shape index (κ3) is 2.32. The van der Waals surface area contributed by atoms with Crippen LogP contribution in [-0.2, 0) is 4.79 Å². The van der Waals surface area contributed by atoms with Gasteiger partial charge in [0.05, 0.1) is 0 Å². The van der Waals surface area contributed by atoms with Crippen molar-refractivity contribution < 1.29 is 4.79 Å². The Morgan fingerprint density at radius 2 is 1.93 bits per heavy atom. The first kappa shape index (κ1) is 12.1. The highest BCUT2D eigenvalue weighted by atomic mass is 16.2. The minimum Gasteiger partial charge on any atom is -0.317 e. The Balaban J connectivity index is 2.94. The summed E-state index contributed by atoms with van der Waals surface area (Å²) in [4.78, 5) is 15.5. The summed E-state index contributed by atoms with van der Waals surface area (Å²) in [7, 11) is 1.82. The molecular formula is C12H20N2O. The van der Waals surface area contributed by atoms with Crippen LogP contribution in [0, 0.1) is 11.8 Å². The predicted octanol–water partition coefficient (Wildman–Crippen LogP) is 1.30. The van der Waals surface area contributed by atoms with Gasteiger partial charge < -0.3 is 4.90 Å². The second-order valence-corrected chi connectivity index (χ2v) is 4.17. The molecule has 1 unspecified atom stereocenters. The first-order valence-corrected chi connectivity index (χ1v) is 5.45. The van der Waals surface area contributed by atoms with E-state index in [2.05, 4.69) is 16.7 Å². The molecule has 1 rings (SSSR count). The van der Waals surface area contributed by atoms with Crippen LogP contribution in [-0.4, -0.2) is 41.5 Å². The molecule has 0 bridgehead atoms. The molecule has 1 amide bonds.